The summed E-state index contributed by atoms with van der Waals surface area (Å²) < 4.78 is 10.2. The molecule has 2 rings (SSSR count). The van der Waals surface area contributed by atoms with Crippen molar-refractivity contribution in [2.75, 3.05) is 6.79 Å². The number of benzene rings is 1. The third kappa shape index (κ3) is 1.28. The van der Waals surface area contributed by atoms with Crippen LogP contribution in [-0.4, -0.2) is 17.0 Å². The van der Waals surface area contributed by atoms with E-state index in [0.29, 0.717) is 17.1 Å². The van der Waals surface area contributed by atoms with Crippen molar-refractivity contribution in [2.45, 2.75) is 19.4 Å². The van der Waals surface area contributed by atoms with Crippen molar-refractivity contribution in [1.82, 2.24) is 0 Å². The van der Waals surface area contributed by atoms with E-state index in [4.69, 9.17) is 9.47 Å². The van der Waals surface area contributed by atoms with Gasteiger partial charge in [0.1, 0.15) is 0 Å². The summed E-state index contributed by atoms with van der Waals surface area (Å²) in [5.74, 6) is 0.771. The highest BCUT2D eigenvalue weighted by Crippen LogP contribution is 2.45. The Hall–Kier alpha value is -1.42. The maximum atomic E-state index is 9.78. The van der Waals surface area contributed by atoms with Crippen molar-refractivity contribution in [3.05, 3.63) is 17.7 Å². The van der Waals surface area contributed by atoms with Crippen molar-refractivity contribution in [3.8, 4) is 17.2 Å². The van der Waals surface area contributed by atoms with Gasteiger partial charge in [-0.15, -0.1) is 0 Å². The van der Waals surface area contributed by atoms with E-state index in [1.165, 1.54) is 0 Å². The minimum Gasteiger partial charge on any atom is -0.504 e. The zero-order chi connectivity index (χ0) is 10.3. The number of hydrogen-bond donors (Lipinski definition) is 2. The minimum atomic E-state index is -1.09. The first-order valence-corrected chi connectivity index (χ1v) is 4.34. The van der Waals surface area contributed by atoms with E-state index in [9.17, 15) is 10.2 Å². The van der Waals surface area contributed by atoms with Gasteiger partial charge >= 0.3 is 0 Å². The molecule has 4 heteroatoms. The third-order valence-corrected chi connectivity index (χ3v) is 2.17. The first kappa shape index (κ1) is 9.15. The largest absolute Gasteiger partial charge is 0.504 e. The Bertz CT molecular complexity index is 365. The van der Waals surface area contributed by atoms with E-state index < -0.39 is 5.60 Å². The topological polar surface area (TPSA) is 58.9 Å². The van der Waals surface area contributed by atoms with Gasteiger partial charge in [0.15, 0.2) is 11.5 Å². The van der Waals surface area contributed by atoms with Gasteiger partial charge < -0.3 is 19.7 Å². The highest BCUT2D eigenvalue weighted by Gasteiger charge is 2.27. The van der Waals surface area contributed by atoms with Crippen molar-refractivity contribution in [2.24, 2.45) is 0 Å². The normalized spacial score (nSPS) is 14.5. The van der Waals surface area contributed by atoms with Crippen LogP contribution >= 0.6 is 0 Å². The number of ether oxygens (including phenoxy) is 2. The van der Waals surface area contributed by atoms with Gasteiger partial charge in [-0.25, -0.2) is 0 Å². The minimum absolute atomic E-state index is 0.0486. The molecular formula is C10H12O4. The number of phenols is 1. The SMILES string of the molecule is CC(C)(O)c1ccc2c(c1O)OCO2. The van der Waals surface area contributed by atoms with Crippen LogP contribution in [0, 0.1) is 0 Å². The van der Waals surface area contributed by atoms with Crippen LogP contribution in [0.25, 0.3) is 0 Å². The lowest BCUT2D eigenvalue weighted by Gasteiger charge is -2.19. The van der Waals surface area contributed by atoms with E-state index >= 15 is 0 Å². The number of aromatic hydroxyl groups is 1. The summed E-state index contributed by atoms with van der Waals surface area (Å²) in [5.41, 5.74) is -0.660. The molecule has 0 saturated heterocycles. The molecule has 4 nitrogen and oxygen atoms in total. The van der Waals surface area contributed by atoms with Crippen LogP contribution in [0.1, 0.15) is 19.4 Å². The number of aliphatic hydroxyl groups is 1. The molecule has 0 spiro atoms. The zero-order valence-corrected chi connectivity index (χ0v) is 8.07. The van der Waals surface area contributed by atoms with Crippen molar-refractivity contribution < 1.29 is 19.7 Å². The monoisotopic (exact) mass is 196 g/mol. The van der Waals surface area contributed by atoms with Gasteiger partial charge in [-0.2, -0.15) is 0 Å². The molecule has 1 aliphatic heterocycles. The predicted molar refractivity (Wildman–Crippen MR) is 49.5 cm³/mol. The van der Waals surface area contributed by atoms with Gasteiger partial charge in [0.2, 0.25) is 12.5 Å². The summed E-state index contributed by atoms with van der Waals surface area (Å²) in [4.78, 5) is 0. The Balaban J connectivity index is 2.56. The van der Waals surface area contributed by atoms with Crippen LogP contribution in [0.3, 0.4) is 0 Å². The standard InChI is InChI=1S/C10H12O4/c1-10(2,12)6-3-4-7-9(8(6)11)14-5-13-7/h3-4,11-12H,5H2,1-2H3. The number of hydrogen-bond acceptors (Lipinski definition) is 4. The van der Waals surface area contributed by atoms with Gasteiger partial charge in [0.05, 0.1) is 5.60 Å². The molecule has 0 radical (unpaired) electrons. The first-order chi connectivity index (χ1) is 6.50. The van der Waals surface area contributed by atoms with E-state index in [2.05, 4.69) is 0 Å². The molecule has 0 aromatic heterocycles. The Morgan fingerprint density at radius 1 is 1.29 bits per heavy atom. The third-order valence-electron chi connectivity index (χ3n) is 2.17. The molecule has 1 heterocycles. The van der Waals surface area contributed by atoms with Crippen LogP contribution in [0.2, 0.25) is 0 Å². The van der Waals surface area contributed by atoms with Gasteiger partial charge in [0, 0.05) is 5.56 Å². The average molecular weight is 196 g/mol. The predicted octanol–water partition coefficient (Wildman–Crippen LogP) is 1.35. The summed E-state index contributed by atoms with van der Waals surface area (Å²) >= 11 is 0. The summed E-state index contributed by atoms with van der Waals surface area (Å²) in [6, 6.07) is 3.30. The lowest BCUT2D eigenvalue weighted by molar-refractivity contribution is 0.0752. The molecule has 1 aliphatic rings. The fourth-order valence-corrected chi connectivity index (χ4v) is 1.45. The summed E-state index contributed by atoms with van der Waals surface area (Å²) in [5, 5.41) is 19.5. The Kier molecular flexibility index (Phi) is 1.82. The highest BCUT2D eigenvalue weighted by atomic mass is 16.7. The molecule has 0 fully saturated rings. The molecule has 0 aliphatic carbocycles. The lowest BCUT2D eigenvalue weighted by Crippen LogP contribution is -2.15. The molecule has 0 unspecified atom stereocenters. The van der Waals surface area contributed by atoms with Crippen molar-refractivity contribution >= 4 is 0 Å². The summed E-state index contributed by atoms with van der Waals surface area (Å²) in [6.07, 6.45) is 0. The summed E-state index contributed by atoms with van der Waals surface area (Å²) in [7, 11) is 0. The van der Waals surface area contributed by atoms with Gasteiger partial charge in [-0.05, 0) is 26.0 Å². The molecule has 0 bridgehead atoms. The van der Waals surface area contributed by atoms with Gasteiger partial charge in [-0.1, -0.05) is 0 Å². The van der Waals surface area contributed by atoms with Crippen LogP contribution in [0.4, 0.5) is 0 Å². The maximum Gasteiger partial charge on any atom is 0.231 e. The number of fused-ring (bicyclic) bond motifs is 1. The second-order valence-electron chi connectivity index (χ2n) is 3.75. The highest BCUT2D eigenvalue weighted by molar-refractivity contribution is 5.57. The van der Waals surface area contributed by atoms with E-state index in [0.717, 1.165) is 0 Å². The fourth-order valence-electron chi connectivity index (χ4n) is 1.45. The van der Waals surface area contributed by atoms with E-state index in [-0.39, 0.29) is 12.5 Å². The Labute approximate surface area is 81.7 Å². The van der Waals surface area contributed by atoms with Crippen molar-refractivity contribution in [1.29, 1.82) is 0 Å². The maximum absolute atomic E-state index is 9.78. The zero-order valence-electron chi connectivity index (χ0n) is 8.07. The van der Waals surface area contributed by atoms with Gasteiger partial charge in [0.25, 0.3) is 0 Å². The van der Waals surface area contributed by atoms with E-state index in [1.807, 2.05) is 0 Å². The lowest BCUT2D eigenvalue weighted by atomic mass is 9.97. The second-order valence-corrected chi connectivity index (χ2v) is 3.75. The average Bonchev–Trinajstić information content (AvgIpc) is 2.50. The second kappa shape index (κ2) is 2.78. The molecular weight excluding hydrogens is 184 g/mol. The van der Waals surface area contributed by atoms with Crippen LogP contribution in [-0.2, 0) is 5.60 Å². The number of rotatable bonds is 1. The van der Waals surface area contributed by atoms with Crippen LogP contribution in [0.15, 0.2) is 12.1 Å². The van der Waals surface area contributed by atoms with Crippen molar-refractivity contribution in [3.63, 3.8) is 0 Å². The van der Waals surface area contributed by atoms with Crippen LogP contribution < -0.4 is 9.47 Å². The molecule has 1 aromatic rings. The fraction of sp³-hybridized carbons (Fsp3) is 0.400. The molecule has 0 saturated carbocycles. The summed E-state index contributed by atoms with van der Waals surface area (Å²) in [6.45, 7) is 3.31. The molecule has 0 amide bonds. The molecule has 76 valence electrons. The Morgan fingerprint density at radius 3 is 2.64 bits per heavy atom. The quantitative estimate of drug-likeness (QED) is 0.711. The molecule has 1 aromatic carbocycles. The van der Waals surface area contributed by atoms with Crippen LogP contribution in [0.5, 0.6) is 17.2 Å². The Morgan fingerprint density at radius 2 is 2.00 bits per heavy atom. The smallest absolute Gasteiger partial charge is 0.231 e. The first-order valence-electron chi connectivity index (χ1n) is 4.34. The number of phenolic OH excluding ortho intramolecular Hbond substituents is 1. The molecule has 0 atom stereocenters. The molecule has 14 heavy (non-hydrogen) atoms. The molecule has 2 N–H and O–H groups in total. The van der Waals surface area contributed by atoms with E-state index in [1.54, 1.807) is 26.0 Å². The van der Waals surface area contributed by atoms with Gasteiger partial charge in [-0.3, -0.25) is 0 Å².